The van der Waals surface area contributed by atoms with E-state index in [2.05, 4.69) is 24.1 Å². The van der Waals surface area contributed by atoms with Gasteiger partial charge in [0.25, 0.3) is 0 Å². The molecule has 1 saturated heterocycles. The summed E-state index contributed by atoms with van der Waals surface area (Å²) in [4.78, 5) is 2.45. The number of rotatable bonds is 7. The van der Waals surface area contributed by atoms with E-state index in [0.29, 0.717) is 12.0 Å². The second kappa shape index (κ2) is 8.29. The molecule has 1 atom stereocenters. The molecule has 0 aromatic rings. The average molecular weight is 249 g/mol. The van der Waals surface area contributed by atoms with E-state index in [0.717, 1.165) is 51.7 Å². The molecule has 16 heavy (non-hydrogen) atoms. The van der Waals surface area contributed by atoms with Crippen molar-refractivity contribution in [3.8, 4) is 0 Å². The van der Waals surface area contributed by atoms with Gasteiger partial charge in [0.05, 0.1) is 13.2 Å². The van der Waals surface area contributed by atoms with Gasteiger partial charge >= 0.3 is 0 Å². The fourth-order valence-corrected chi connectivity index (χ4v) is 2.26. The van der Waals surface area contributed by atoms with Crippen LogP contribution in [0.5, 0.6) is 0 Å². The molecule has 0 aromatic carbocycles. The SMILES string of the molecule is CC(C)C(CCCl)NCCN1CCOCC1. The first-order valence-electron chi connectivity index (χ1n) is 6.33. The Kier molecular flexibility index (Phi) is 7.37. The van der Waals surface area contributed by atoms with E-state index in [4.69, 9.17) is 16.3 Å². The summed E-state index contributed by atoms with van der Waals surface area (Å²) in [6, 6.07) is 0.554. The van der Waals surface area contributed by atoms with Crippen molar-refractivity contribution in [1.29, 1.82) is 0 Å². The van der Waals surface area contributed by atoms with E-state index < -0.39 is 0 Å². The molecule has 0 spiro atoms. The molecule has 1 aliphatic heterocycles. The van der Waals surface area contributed by atoms with Crippen molar-refractivity contribution in [2.45, 2.75) is 26.3 Å². The van der Waals surface area contributed by atoms with Gasteiger partial charge in [-0.3, -0.25) is 4.90 Å². The van der Waals surface area contributed by atoms with Crippen LogP contribution in [0.25, 0.3) is 0 Å². The van der Waals surface area contributed by atoms with Crippen molar-refractivity contribution in [2.24, 2.45) is 5.92 Å². The van der Waals surface area contributed by atoms with Crippen LogP contribution in [-0.2, 0) is 4.74 Å². The lowest BCUT2D eigenvalue weighted by atomic mass is 10.0. The van der Waals surface area contributed by atoms with Gasteiger partial charge in [0.15, 0.2) is 0 Å². The van der Waals surface area contributed by atoms with Crippen LogP contribution in [0.2, 0.25) is 0 Å². The molecule has 0 radical (unpaired) electrons. The van der Waals surface area contributed by atoms with E-state index in [9.17, 15) is 0 Å². The highest BCUT2D eigenvalue weighted by molar-refractivity contribution is 6.17. The minimum absolute atomic E-state index is 0.554. The zero-order chi connectivity index (χ0) is 11.8. The van der Waals surface area contributed by atoms with Gasteiger partial charge in [-0.05, 0) is 12.3 Å². The van der Waals surface area contributed by atoms with E-state index in [1.165, 1.54) is 0 Å². The van der Waals surface area contributed by atoms with E-state index >= 15 is 0 Å². The predicted octanol–water partition coefficient (Wildman–Crippen LogP) is 1.56. The molecule has 0 saturated carbocycles. The van der Waals surface area contributed by atoms with Gasteiger partial charge in [0.1, 0.15) is 0 Å². The summed E-state index contributed by atoms with van der Waals surface area (Å²) < 4.78 is 5.32. The fraction of sp³-hybridized carbons (Fsp3) is 1.00. The Labute approximate surface area is 104 Å². The Morgan fingerprint density at radius 1 is 1.31 bits per heavy atom. The monoisotopic (exact) mass is 248 g/mol. The highest BCUT2D eigenvalue weighted by Gasteiger charge is 2.13. The maximum atomic E-state index is 5.80. The lowest BCUT2D eigenvalue weighted by Crippen LogP contribution is -2.43. The molecule has 1 aliphatic rings. The molecule has 1 unspecified atom stereocenters. The Morgan fingerprint density at radius 2 is 2.00 bits per heavy atom. The van der Waals surface area contributed by atoms with Gasteiger partial charge < -0.3 is 10.1 Å². The number of hydrogen-bond donors (Lipinski definition) is 1. The van der Waals surface area contributed by atoms with Crippen LogP contribution < -0.4 is 5.32 Å². The number of hydrogen-bond acceptors (Lipinski definition) is 3. The molecule has 0 amide bonds. The Balaban J connectivity index is 2.11. The predicted molar refractivity (Wildman–Crippen MR) is 69.2 cm³/mol. The Bertz CT molecular complexity index is 172. The molecule has 1 fully saturated rings. The highest BCUT2D eigenvalue weighted by atomic mass is 35.5. The van der Waals surface area contributed by atoms with Gasteiger partial charge in [-0.25, -0.2) is 0 Å². The molecule has 1 N–H and O–H groups in total. The van der Waals surface area contributed by atoms with E-state index in [1.807, 2.05) is 0 Å². The van der Waals surface area contributed by atoms with Gasteiger partial charge in [0.2, 0.25) is 0 Å². The van der Waals surface area contributed by atoms with Gasteiger partial charge in [0, 0.05) is 38.1 Å². The second-order valence-corrected chi connectivity index (χ2v) is 5.11. The smallest absolute Gasteiger partial charge is 0.0594 e. The van der Waals surface area contributed by atoms with Crippen molar-refractivity contribution in [3.05, 3.63) is 0 Å². The number of nitrogens with one attached hydrogen (secondary N) is 1. The topological polar surface area (TPSA) is 24.5 Å². The maximum absolute atomic E-state index is 5.80. The normalized spacial score (nSPS) is 20.2. The van der Waals surface area contributed by atoms with Crippen molar-refractivity contribution in [2.75, 3.05) is 45.3 Å². The lowest BCUT2D eigenvalue weighted by Gasteiger charge is -2.28. The standard InChI is InChI=1S/C12H25ClN2O/c1-11(2)12(3-4-13)14-5-6-15-7-9-16-10-8-15/h11-12,14H,3-10H2,1-2H3. The molecule has 4 heteroatoms. The highest BCUT2D eigenvalue weighted by Crippen LogP contribution is 2.06. The van der Waals surface area contributed by atoms with Crippen molar-refractivity contribution in [3.63, 3.8) is 0 Å². The molecular weight excluding hydrogens is 224 g/mol. The molecule has 96 valence electrons. The summed E-state index contributed by atoms with van der Waals surface area (Å²) in [6.45, 7) is 10.6. The fourth-order valence-electron chi connectivity index (χ4n) is 2.02. The molecule has 1 heterocycles. The minimum Gasteiger partial charge on any atom is -0.379 e. The van der Waals surface area contributed by atoms with Crippen LogP contribution >= 0.6 is 11.6 Å². The van der Waals surface area contributed by atoms with Gasteiger partial charge in [-0.15, -0.1) is 11.6 Å². The quantitative estimate of drug-likeness (QED) is 0.693. The second-order valence-electron chi connectivity index (χ2n) is 4.74. The van der Waals surface area contributed by atoms with Crippen molar-refractivity contribution >= 4 is 11.6 Å². The van der Waals surface area contributed by atoms with Crippen LogP contribution in [0.4, 0.5) is 0 Å². The first-order valence-corrected chi connectivity index (χ1v) is 6.87. The number of morpholine rings is 1. The largest absolute Gasteiger partial charge is 0.379 e. The third kappa shape index (κ3) is 5.48. The molecule has 0 aromatic heterocycles. The summed E-state index contributed by atoms with van der Waals surface area (Å²) in [5.74, 6) is 1.40. The lowest BCUT2D eigenvalue weighted by molar-refractivity contribution is 0.0379. The molecule has 0 bridgehead atoms. The minimum atomic E-state index is 0.554. The molecule has 0 aliphatic carbocycles. The summed E-state index contributed by atoms with van der Waals surface area (Å²) in [6.07, 6.45) is 1.06. The van der Waals surface area contributed by atoms with E-state index in [1.54, 1.807) is 0 Å². The third-order valence-corrected chi connectivity index (χ3v) is 3.38. The number of halogens is 1. The summed E-state index contributed by atoms with van der Waals surface area (Å²) >= 11 is 5.80. The summed E-state index contributed by atoms with van der Waals surface area (Å²) in [5.41, 5.74) is 0. The van der Waals surface area contributed by atoms with Crippen LogP contribution in [0.3, 0.4) is 0 Å². The van der Waals surface area contributed by atoms with Crippen LogP contribution in [0.15, 0.2) is 0 Å². The van der Waals surface area contributed by atoms with Crippen LogP contribution in [-0.4, -0.2) is 56.2 Å². The van der Waals surface area contributed by atoms with E-state index in [-0.39, 0.29) is 0 Å². The first-order chi connectivity index (χ1) is 7.74. The van der Waals surface area contributed by atoms with Crippen molar-refractivity contribution in [1.82, 2.24) is 10.2 Å². The molecular formula is C12H25ClN2O. The number of alkyl halides is 1. The maximum Gasteiger partial charge on any atom is 0.0594 e. The average Bonchev–Trinajstić information content (AvgIpc) is 2.29. The number of nitrogens with zero attached hydrogens (tertiary/aromatic N) is 1. The number of ether oxygens (including phenoxy) is 1. The zero-order valence-corrected chi connectivity index (χ0v) is 11.3. The van der Waals surface area contributed by atoms with Gasteiger partial charge in [-0.2, -0.15) is 0 Å². The van der Waals surface area contributed by atoms with Crippen molar-refractivity contribution < 1.29 is 4.74 Å². The first kappa shape index (κ1) is 14.2. The molecule has 1 rings (SSSR count). The summed E-state index contributed by atoms with van der Waals surface area (Å²) in [7, 11) is 0. The van der Waals surface area contributed by atoms with Crippen LogP contribution in [0, 0.1) is 5.92 Å². The molecule has 3 nitrogen and oxygen atoms in total. The summed E-state index contributed by atoms with van der Waals surface area (Å²) in [5, 5.41) is 3.60. The van der Waals surface area contributed by atoms with Crippen LogP contribution in [0.1, 0.15) is 20.3 Å². The third-order valence-electron chi connectivity index (χ3n) is 3.16. The Hall–Kier alpha value is 0.170. The Morgan fingerprint density at radius 3 is 2.56 bits per heavy atom. The van der Waals surface area contributed by atoms with Gasteiger partial charge in [-0.1, -0.05) is 13.8 Å². The zero-order valence-electron chi connectivity index (χ0n) is 10.5.